The van der Waals surface area contributed by atoms with Crippen molar-refractivity contribution in [3.8, 4) is 0 Å². The topological polar surface area (TPSA) is 34.1 Å². The number of piperazine rings is 1. The van der Waals surface area contributed by atoms with E-state index in [4.69, 9.17) is 4.99 Å². The molecule has 9 heteroatoms. The lowest BCUT2D eigenvalue weighted by Gasteiger charge is -2.39. The lowest BCUT2D eigenvalue weighted by Crippen LogP contribution is -2.56. The van der Waals surface area contributed by atoms with Crippen molar-refractivity contribution < 1.29 is 13.2 Å². The molecule has 0 spiro atoms. The van der Waals surface area contributed by atoms with E-state index in [0.717, 1.165) is 44.5 Å². The first-order valence-corrected chi connectivity index (χ1v) is 9.83. The van der Waals surface area contributed by atoms with Gasteiger partial charge in [-0.1, -0.05) is 0 Å². The third kappa shape index (κ3) is 7.92. The molecule has 1 N–H and O–H groups in total. The standard InChI is InChI=1S/C18H34F3N5.HI/c1-4-22-17(23-8-5-16-6-9-24(3)10-7-16)26-13-11-25(12-14-26)15(2)18(19,20)21;/h15-16H,4-14H2,1-3H3,(H,22,23);1H. The fourth-order valence-corrected chi connectivity index (χ4v) is 3.66. The monoisotopic (exact) mass is 505 g/mol. The van der Waals surface area contributed by atoms with Crippen molar-refractivity contribution >= 4 is 29.9 Å². The Balaban J connectivity index is 0.00000364. The molecular formula is C18H35F3IN5. The highest BCUT2D eigenvalue weighted by Gasteiger charge is 2.41. The van der Waals surface area contributed by atoms with Gasteiger partial charge in [0.2, 0.25) is 0 Å². The molecule has 0 aromatic heterocycles. The quantitative estimate of drug-likeness (QED) is 0.354. The molecule has 1 atom stereocenters. The van der Waals surface area contributed by atoms with E-state index >= 15 is 0 Å². The van der Waals surface area contributed by atoms with Crippen molar-refractivity contribution in [2.75, 3.05) is 59.4 Å². The summed E-state index contributed by atoms with van der Waals surface area (Å²) in [5.74, 6) is 1.59. The van der Waals surface area contributed by atoms with Gasteiger partial charge in [-0.25, -0.2) is 0 Å². The number of rotatable bonds is 5. The second kappa shape index (κ2) is 11.6. The van der Waals surface area contributed by atoms with E-state index in [2.05, 4.69) is 22.2 Å². The lowest BCUT2D eigenvalue weighted by atomic mass is 9.94. The number of hydrogen-bond acceptors (Lipinski definition) is 3. The van der Waals surface area contributed by atoms with Gasteiger partial charge in [-0.05, 0) is 59.2 Å². The maximum absolute atomic E-state index is 12.9. The van der Waals surface area contributed by atoms with Gasteiger partial charge in [-0.3, -0.25) is 9.89 Å². The number of aliphatic imine (C=N–C) groups is 1. The zero-order valence-corrected chi connectivity index (χ0v) is 19.1. The summed E-state index contributed by atoms with van der Waals surface area (Å²) in [5, 5.41) is 3.30. The van der Waals surface area contributed by atoms with E-state index in [0.29, 0.717) is 26.2 Å². The molecule has 27 heavy (non-hydrogen) atoms. The van der Waals surface area contributed by atoms with Crippen LogP contribution in [0.15, 0.2) is 4.99 Å². The van der Waals surface area contributed by atoms with Crippen molar-refractivity contribution in [2.24, 2.45) is 10.9 Å². The number of halogens is 4. The molecule has 5 nitrogen and oxygen atoms in total. The summed E-state index contributed by atoms with van der Waals surface area (Å²) in [7, 11) is 2.16. The third-order valence-corrected chi connectivity index (χ3v) is 5.61. The summed E-state index contributed by atoms with van der Waals surface area (Å²) in [5.41, 5.74) is 0. The lowest BCUT2D eigenvalue weighted by molar-refractivity contribution is -0.181. The summed E-state index contributed by atoms with van der Waals surface area (Å²) in [6.07, 6.45) is -0.601. The fraction of sp³-hybridized carbons (Fsp3) is 0.944. The number of piperidine rings is 1. The Morgan fingerprint density at radius 3 is 2.22 bits per heavy atom. The maximum Gasteiger partial charge on any atom is 0.403 e. The smallest absolute Gasteiger partial charge is 0.357 e. The van der Waals surface area contributed by atoms with Gasteiger partial charge in [0.1, 0.15) is 6.04 Å². The van der Waals surface area contributed by atoms with Crippen LogP contribution in [0.5, 0.6) is 0 Å². The van der Waals surface area contributed by atoms with Crippen LogP contribution in [-0.2, 0) is 0 Å². The Labute approximate surface area is 178 Å². The minimum Gasteiger partial charge on any atom is -0.357 e. The number of alkyl halides is 3. The zero-order valence-electron chi connectivity index (χ0n) is 16.8. The summed E-state index contributed by atoms with van der Waals surface area (Å²) < 4.78 is 38.7. The molecule has 2 rings (SSSR count). The van der Waals surface area contributed by atoms with Gasteiger partial charge in [-0.15, -0.1) is 24.0 Å². The molecule has 2 saturated heterocycles. The predicted molar refractivity (Wildman–Crippen MR) is 115 cm³/mol. The van der Waals surface area contributed by atoms with Crippen LogP contribution < -0.4 is 5.32 Å². The molecule has 1 unspecified atom stereocenters. The van der Waals surface area contributed by atoms with E-state index in [9.17, 15) is 13.2 Å². The Morgan fingerprint density at radius 1 is 1.11 bits per heavy atom. The molecule has 2 aliphatic heterocycles. The summed E-state index contributed by atoms with van der Waals surface area (Å²) in [4.78, 5) is 10.7. The third-order valence-electron chi connectivity index (χ3n) is 5.61. The second-order valence-corrected chi connectivity index (χ2v) is 7.51. The van der Waals surface area contributed by atoms with Gasteiger partial charge >= 0.3 is 6.18 Å². The zero-order chi connectivity index (χ0) is 19.2. The average molecular weight is 505 g/mol. The van der Waals surface area contributed by atoms with Crippen LogP contribution in [-0.4, -0.2) is 92.3 Å². The van der Waals surface area contributed by atoms with Crippen LogP contribution >= 0.6 is 24.0 Å². The predicted octanol–water partition coefficient (Wildman–Crippen LogP) is 2.87. The molecule has 2 heterocycles. The van der Waals surface area contributed by atoms with Gasteiger partial charge in [-0.2, -0.15) is 13.2 Å². The number of nitrogens with zero attached hydrogens (tertiary/aromatic N) is 4. The van der Waals surface area contributed by atoms with Crippen LogP contribution in [0.2, 0.25) is 0 Å². The highest BCUT2D eigenvalue weighted by atomic mass is 127. The molecule has 0 aromatic rings. The first-order chi connectivity index (χ1) is 12.3. The molecule has 0 aliphatic carbocycles. The summed E-state index contributed by atoms with van der Waals surface area (Å²) in [6, 6.07) is -1.38. The average Bonchev–Trinajstić information content (AvgIpc) is 2.61. The van der Waals surface area contributed by atoms with Crippen molar-refractivity contribution in [3.05, 3.63) is 0 Å². The molecule has 0 amide bonds. The molecule has 0 aromatic carbocycles. The molecular weight excluding hydrogens is 470 g/mol. The molecule has 0 radical (unpaired) electrons. The Bertz CT molecular complexity index is 445. The van der Waals surface area contributed by atoms with Gasteiger partial charge in [0.05, 0.1) is 0 Å². The fourth-order valence-electron chi connectivity index (χ4n) is 3.66. The Hall–Kier alpha value is -0.290. The number of nitrogens with one attached hydrogen (secondary N) is 1. The van der Waals surface area contributed by atoms with Crippen molar-refractivity contribution in [3.63, 3.8) is 0 Å². The normalized spacial score (nSPS) is 22.4. The van der Waals surface area contributed by atoms with Crippen LogP contribution in [0.1, 0.15) is 33.1 Å². The first-order valence-electron chi connectivity index (χ1n) is 9.83. The molecule has 2 aliphatic rings. The van der Waals surface area contributed by atoms with E-state index < -0.39 is 12.2 Å². The number of likely N-dealkylation sites (tertiary alicyclic amines) is 1. The molecule has 2 fully saturated rings. The largest absolute Gasteiger partial charge is 0.403 e. The van der Waals surface area contributed by atoms with Gasteiger partial charge < -0.3 is 15.1 Å². The van der Waals surface area contributed by atoms with Crippen molar-refractivity contribution in [1.29, 1.82) is 0 Å². The van der Waals surface area contributed by atoms with E-state index in [-0.39, 0.29) is 24.0 Å². The van der Waals surface area contributed by atoms with Crippen molar-refractivity contribution in [1.82, 2.24) is 20.0 Å². The number of hydrogen-bond donors (Lipinski definition) is 1. The minimum atomic E-state index is -4.16. The first kappa shape index (κ1) is 24.7. The van der Waals surface area contributed by atoms with Gasteiger partial charge in [0, 0.05) is 39.3 Å². The van der Waals surface area contributed by atoms with Gasteiger partial charge in [0.25, 0.3) is 0 Å². The number of guanidine groups is 1. The van der Waals surface area contributed by atoms with E-state index in [1.165, 1.54) is 24.7 Å². The second-order valence-electron chi connectivity index (χ2n) is 7.51. The Morgan fingerprint density at radius 2 is 1.70 bits per heavy atom. The molecule has 0 saturated carbocycles. The van der Waals surface area contributed by atoms with Crippen LogP contribution in [0.25, 0.3) is 0 Å². The Kier molecular flexibility index (Phi) is 10.7. The van der Waals surface area contributed by atoms with Gasteiger partial charge in [0.15, 0.2) is 5.96 Å². The summed E-state index contributed by atoms with van der Waals surface area (Å²) >= 11 is 0. The van der Waals surface area contributed by atoms with Crippen LogP contribution in [0.4, 0.5) is 13.2 Å². The SMILES string of the molecule is CCNC(=NCCC1CCN(C)CC1)N1CCN(C(C)C(F)(F)F)CC1.I. The molecule has 160 valence electrons. The summed E-state index contributed by atoms with van der Waals surface area (Å²) in [6.45, 7) is 9.15. The highest BCUT2D eigenvalue weighted by Crippen LogP contribution is 2.25. The van der Waals surface area contributed by atoms with Crippen molar-refractivity contribution in [2.45, 2.75) is 45.3 Å². The van der Waals surface area contributed by atoms with E-state index in [1.807, 2.05) is 6.92 Å². The van der Waals surface area contributed by atoms with E-state index in [1.54, 1.807) is 0 Å². The minimum absolute atomic E-state index is 0. The van der Waals surface area contributed by atoms with Crippen LogP contribution in [0, 0.1) is 5.92 Å². The highest BCUT2D eigenvalue weighted by molar-refractivity contribution is 14.0. The molecule has 0 bridgehead atoms. The van der Waals surface area contributed by atoms with Crippen LogP contribution in [0.3, 0.4) is 0 Å². The maximum atomic E-state index is 12.9.